The Hall–Kier alpha value is -0.910. The monoisotopic (exact) mass is 365 g/mol. The Bertz CT molecular complexity index is 478. The van der Waals surface area contributed by atoms with Gasteiger partial charge in [0.15, 0.2) is 5.75 Å². The van der Waals surface area contributed by atoms with Crippen LogP contribution in [-0.4, -0.2) is 12.9 Å². The van der Waals surface area contributed by atoms with Crippen LogP contribution in [0.2, 0.25) is 0 Å². The summed E-state index contributed by atoms with van der Waals surface area (Å²) in [5.41, 5.74) is 0.383. The van der Waals surface area contributed by atoms with Crippen LogP contribution in [0.3, 0.4) is 0 Å². The summed E-state index contributed by atoms with van der Waals surface area (Å²) < 4.78 is 41.9. The van der Waals surface area contributed by atoms with E-state index in [2.05, 4.69) is 32.9 Å². The normalized spacial score (nSPS) is 22.9. The molecule has 21 heavy (non-hydrogen) atoms. The molecule has 1 aliphatic rings. The fourth-order valence-electron chi connectivity index (χ4n) is 2.85. The van der Waals surface area contributed by atoms with Gasteiger partial charge in [0.25, 0.3) is 0 Å². The maximum atomic E-state index is 12.4. The molecule has 0 amide bonds. The summed E-state index contributed by atoms with van der Waals surface area (Å²) in [6.07, 6.45) is 0.00979. The van der Waals surface area contributed by atoms with Gasteiger partial charge in [-0.15, -0.1) is 13.2 Å². The highest BCUT2D eigenvalue weighted by Crippen LogP contribution is 2.34. The predicted molar refractivity (Wildman–Crippen MR) is 80.4 cm³/mol. The van der Waals surface area contributed by atoms with Gasteiger partial charge in [0, 0.05) is 11.0 Å². The summed E-state index contributed by atoms with van der Waals surface area (Å²) in [4.78, 5) is 0. The van der Waals surface area contributed by atoms with Crippen molar-refractivity contribution >= 4 is 21.6 Å². The van der Waals surface area contributed by atoms with Crippen molar-refractivity contribution in [3.63, 3.8) is 0 Å². The molecule has 2 unspecified atom stereocenters. The minimum atomic E-state index is -4.68. The van der Waals surface area contributed by atoms with Crippen LogP contribution in [0.4, 0.5) is 18.9 Å². The van der Waals surface area contributed by atoms with Crippen LogP contribution in [-0.2, 0) is 0 Å². The minimum Gasteiger partial charge on any atom is -0.404 e. The lowest BCUT2D eigenvalue weighted by molar-refractivity contribution is -0.274. The molecule has 2 nitrogen and oxygen atoms in total. The standard InChI is InChI=1S/C15H19BrF3NO/c1-10-3-2-4-11(7-10)9-20-13-6-5-12(16)8-14(13)21-15(17,18)19/h5-6,8,10-11,20H,2-4,7,9H2,1H3. The van der Waals surface area contributed by atoms with Crippen LogP contribution < -0.4 is 10.1 Å². The molecule has 118 valence electrons. The van der Waals surface area contributed by atoms with Crippen molar-refractivity contribution in [3.8, 4) is 5.75 Å². The van der Waals surface area contributed by atoms with E-state index in [1.165, 1.54) is 18.9 Å². The third-order valence-corrected chi connectivity index (χ3v) is 4.29. The second-order valence-electron chi connectivity index (χ2n) is 5.71. The van der Waals surface area contributed by atoms with Crippen LogP contribution in [0.25, 0.3) is 0 Å². The molecular formula is C15H19BrF3NO. The summed E-state index contributed by atoms with van der Waals surface area (Å²) in [5, 5.41) is 3.11. The first-order chi connectivity index (χ1) is 9.83. The van der Waals surface area contributed by atoms with E-state index in [9.17, 15) is 13.2 Å². The molecule has 1 N–H and O–H groups in total. The second-order valence-corrected chi connectivity index (χ2v) is 6.62. The molecular weight excluding hydrogens is 347 g/mol. The molecule has 0 radical (unpaired) electrons. The highest BCUT2D eigenvalue weighted by atomic mass is 79.9. The van der Waals surface area contributed by atoms with Gasteiger partial charge in [-0.3, -0.25) is 0 Å². The van der Waals surface area contributed by atoms with E-state index in [4.69, 9.17) is 0 Å². The van der Waals surface area contributed by atoms with Gasteiger partial charge in [0.1, 0.15) is 0 Å². The van der Waals surface area contributed by atoms with Crippen LogP contribution in [0.5, 0.6) is 5.75 Å². The van der Waals surface area contributed by atoms with Gasteiger partial charge in [-0.1, -0.05) is 35.7 Å². The van der Waals surface area contributed by atoms with Gasteiger partial charge in [0.05, 0.1) is 5.69 Å². The maximum Gasteiger partial charge on any atom is 0.573 e. The van der Waals surface area contributed by atoms with E-state index in [0.717, 1.165) is 12.8 Å². The molecule has 0 aliphatic heterocycles. The fraction of sp³-hybridized carbons (Fsp3) is 0.600. The van der Waals surface area contributed by atoms with Crippen LogP contribution in [0, 0.1) is 11.8 Å². The number of alkyl halides is 3. The van der Waals surface area contributed by atoms with Gasteiger partial charge >= 0.3 is 6.36 Å². The van der Waals surface area contributed by atoms with Crippen molar-refractivity contribution in [3.05, 3.63) is 22.7 Å². The lowest BCUT2D eigenvalue weighted by Gasteiger charge is -2.27. The zero-order valence-corrected chi connectivity index (χ0v) is 13.4. The predicted octanol–water partition coefficient (Wildman–Crippen LogP) is 5.59. The van der Waals surface area contributed by atoms with E-state index >= 15 is 0 Å². The van der Waals surface area contributed by atoms with Crippen molar-refractivity contribution < 1.29 is 17.9 Å². The first-order valence-corrected chi connectivity index (χ1v) is 7.92. The van der Waals surface area contributed by atoms with Crippen molar-refractivity contribution in [1.82, 2.24) is 0 Å². The Morgan fingerprint density at radius 3 is 2.76 bits per heavy atom. The lowest BCUT2D eigenvalue weighted by Crippen LogP contribution is -2.22. The van der Waals surface area contributed by atoms with Crippen LogP contribution in [0.1, 0.15) is 32.6 Å². The largest absolute Gasteiger partial charge is 0.573 e. The smallest absolute Gasteiger partial charge is 0.404 e. The average molecular weight is 366 g/mol. The second kappa shape index (κ2) is 6.90. The highest BCUT2D eigenvalue weighted by Gasteiger charge is 2.32. The van der Waals surface area contributed by atoms with Crippen molar-refractivity contribution in [2.45, 2.75) is 39.0 Å². The number of halogens is 4. The topological polar surface area (TPSA) is 21.3 Å². The number of benzene rings is 1. The molecule has 1 saturated carbocycles. The molecule has 2 atom stereocenters. The number of ether oxygens (including phenoxy) is 1. The molecule has 1 aromatic carbocycles. The molecule has 1 aromatic rings. The van der Waals surface area contributed by atoms with Gasteiger partial charge in [0.2, 0.25) is 0 Å². The van der Waals surface area contributed by atoms with E-state index < -0.39 is 6.36 Å². The van der Waals surface area contributed by atoms with Gasteiger partial charge < -0.3 is 10.1 Å². The number of nitrogens with one attached hydrogen (secondary N) is 1. The Balaban J connectivity index is 2.01. The molecule has 0 heterocycles. The van der Waals surface area contributed by atoms with Crippen molar-refractivity contribution in [1.29, 1.82) is 0 Å². The highest BCUT2D eigenvalue weighted by molar-refractivity contribution is 9.10. The third kappa shape index (κ3) is 5.41. The SMILES string of the molecule is CC1CCCC(CNc2ccc(Br)cc2OC(F)(F)F)C1. The third-order valence-electron chi connectivity index (χ3n) is 3.80. The Morgan fingerprint density at radius 2 is 2.10 bits per heavy atom. The molecule has 6 heteroatoms. The lowest BCUT2D eigenvalue weighted by atomic mass is 9.82. The van der Waals surface area contributed by atoms with E-state index in [1.54, 1.807) is 12.1 Å². The van der Waals surface area contributed by atoms with Gasteiger partial charge in [-0.05, 0) is 42.9 Å². The Morgan fingerprint density at radius 1 is 1.33 bits per heavy atom. The molecule has 0 saturated heterocycles. The Labute approximate surface area is 131 Å². The van der Waals surface area contributed by atoms with E-state index in [-0.39, 0.29) is 5.75 Å². The first-order valence-electron chi connectivity index (χ1n) is 7.12. The number of hydrogen-bond donors (Lipinski definition) is 1. The van der Waals surface area contributed by atoms with Crippen LogP contribution >= 0.6 is 15.9 Å². The molecule has 0 bridgehead atoms. The number of rotatable bonds is 4. The quantitative estimate of drug-likeness (QED) is 0.751. The van der Waals surface area contributed by atoms with Crippen molar-refractivity contribution in [2.24, 2.45) is 11.8 Å². The molecule has 1 aliphatic carbocycles. The van der Waals surface area contributed by atoms with E-state index in [1.807, 2.05) is 0 Å². The zero-order chi connectivity index (χ0) is 15.5. The molecule has 0 aromatic heterocycles. The summed E-state index contributed by atoms with van der Waals surface area (Å²) in [5.74, 6) is 1.01. The average Bonchev–Trinajstić information content (AvgIpc) is 2.36. The summed E-state index contributed by atoms with van der Waals surface area (Å²) in [7, 11) is 0. The van der Waals surface area contributed by atoms with E-state index in [0.29, 0.717) is 28.5 Å². The molecule has 2 rings (SSSR count). The molecule has 1 fully saturated rings. The minimum absolute atomic E-state index is 0.194. The first kappa shape index (κ1) is 16.5. The molecule has 0 spiro atoms. The number of hydrogen-bond acceptors (Lipinski definition) is 2. The number of anilines is 1. The fourth-order valence-corrected chi connectivity index (χ4v) is 3.19. The Kier molecular flexibility index (Phi) is 5.41. The van der Waals surface area contributed by atoms with Crippen LogP contribution in [0.15, 0.2) is 22.7 Å². The summed E-state index contributed by atoms with van der Waals surface area (Å²) >= 11 is 3.16. The van der Waals surface area contributed by atoms with Crippen molar-refractivity contribution in [2.75, 3.05) is 11.9 Å². The zero-order valence-electron chi connectivity index (χ0n) is 11.8. The summed E-state index contributed by atoms with van der Waals surface area (Å²) in [6, 6.07) is 4.64. The van der Waals surface area contributed by atoms with Gasteiger partial charge in [-0.2, -0.15) is 0 Å². The van der Waals surface area contributed by atoms with Gasteiger partial charge in [-0.25, -0.2) is 0 Å². The summed E-state index contributed by atoms with van der Waals surface area (Å²) in [6.45, 7) is 2.91. The maximum absolute atomic E-state index is 12.4.